The summed E-state index contributed by atoms with van der Waals surface area (Å²) in [7, 11) is -4.51. The van der Waals surface area contributed by atoms with Crippen LogP contribution in [0.3, 0.4) is 0 Å². The van der Waals surface area contributed by atoms with Gasteiger partial charge in [-0.3, -0.25) is 9.35 Å². The summed E-state index contributed by atoms with van der Waals surface area (Å²) < 4.78 is 33.0. The summed E-state index contributed by atoms with van der Waals surface area (Å²) in [5, 5.41) is 0. The van der Waals surface area contributed by atoms with Gasteiger partial charge in [0.2, 0.25) is 0 Å². The Morgan fingerprint density at radius 1 is 0.840 bits per heavy atom. The van der Waals surface area contributed by atoms with Crippen LogP contribution in [0.1, 0.15) is 96.8 Å². The molecular weight excluding hydrogens is 340 g/mol. The highest BCUT2D eigenvalue weighted by molar-refractivity contribution is 7.80. The number of hydrogen-bond donors (Lipinski definition) is 1. The zero-order valence-corrected chi connectivity index (χ0v) is 16.6. The van der Waals surface area contributed by atoms with Gasteiger partial charge >= 0.3 is 10.4 Å². The van der Waals surface area contributed by atoms with Gasteiger partial charge in [-0.05, 0) is 32.1 Å². The molecule has 0 aliphatic carbocycles. The van der Waals surface area contributed by atoms with Crippen LogP contribution < -0.4 is 0 Å². The molecule has 0 saturated heterocycles. The van der Waals surface area contributed by atoms with E-state index in [2.05, 4.69) is 23.3 Å². The molecule has 0 heterocycles. The predicted octanol–water partition coefficient (Wildman–Crippen LogP) is 5.41. The molecule has 0 aliphatic rings. The Morgan fingerprint density at radius 3 is 1.84 bits per heavy atom. The van der Waals surface area contributed by atoms with E-state index in [0.717, 1.165) is 32.1 Å². The number of unbranched alkanes of at least 4 members (excludes halogenated alkanes) is 11. The minimum atomic E-state index is -4.51. The van der Waals surface area contributed by atoms with Crippen LogP contribution in [0.25, 0.3) is 0 Å². The summed E-state index contributed by atoms with van der Waals surface area (Å²) >= 11 is 0. The molecule has 0 saturated carbocycles. The van der Waals surface area contributed by atoms with E-state index in [-0.39, 0.29) is 5.78 Å². The summed E-state index contributed by atoms with van der Waals surface area (Å²) in [4.78, 5) is 11.3. The van der Waals surface area contributed by atoms with E-state index >= 15 is 0 Å². The van der Waals surface area contributed by atoms with Crippen LogP contribution in [0.15, 0.2) is 12.2 Å². The van der Waals surface area contributed by atoms with Gasteiger partial charge in [0, 0.05) is 6.42 Å². The summed E-state index contributed by atoms with van der Waals surface area (Å²) in [6.07, 6.45) is 20.4. The molecule has 25 heavy (non-hydrogen) atoms. The van der Waals surface area contributed by atoms with Crippen molar-refractivity contribution in [1.82, 2.24) is 0 Å². The third-order valence-electron chi connectivity index (χ3n) is 4.09. The van der Waals surface area contributed by atoms with Gasteiger partial charge in [-0.2, -0.15) is 8.42 Å². The van der Waals surface area contributed by atoms with Gasteiger partial charge < -0.3 is 0 Å². The lowest BCUT2D eigenvalue weighted by atomic mass is 10.1. The van der Waals surface area contributed by atoms with Crippen molar-refractivity contribution in [3.8, 4) is 0 Å². The van der Waals surface area contributed by atoms with Crippen LogP contribution in [-0.2, 0) is 19.4 Å². The summed E-state index contributed by atoms with van der Waals surface area (Å²) in [5.41, 5.74) is 0. The molecule has 0 unspecified atom stereocenters. The molecule has 0 spiro atoms. The number of carbonyl (C=O) groups excluding carboxylic acids is 1. The molecule has 0 fully saturated rings. The third kappa shape index (κ3) is 21.2. The molecule has 0 rings (SSSR count). The fourth-order valence-corrected chi connectivity index (χ4v) is 2.89. The van der Waals surface area contributed by atoms with Gasteiger partial charge in [-0.15, -0.1) is 0 Å². The SMILES string of the molecule is CCCCCCCC/C=C\CCCCCCCC(=O)COS(=O)(=O)O. The Labute approximate surface area is 154 Å². The second kappa shape index (κ2) is 16.7. The van der Waals surface area contributed by atoms with Gasteiger partial charge in [0.15, 0.2) is 5.78 Å². The van der Waals surface area contributed by atoms with Gasteiger partial charge in [0.05, 0.1) is 0 Å². The molecular formula is C19H36O5S. The van der Waals surface area contributed by atoms with Crippen molar-refractivity contribution >= 4 is 16.2 Å². The van der Waals surface area contributed by atoms with Crippen LogP contribution in [0, 0.1) is 0 Å². The zero-order valence-electron chi connectivity index (χ0n) is 15.7. The number of ketones is 1. The minimum Gasteiger partial charge on any atom is -0.297 e. The van der Waals surface area contributed by atoms with Crippen molar-refractivity contribution in [2.45, 2.75) is 96.8 Å². The molecule has 0 bridgehead atoms. The Hall–Kier alpha value is -0.720. The molecule has 5 nitrogen and oxygen atoms in total. The monoisotopic (exact) mass is 376 g/mol. The summed E-state index contributed by atoms with van der Waals surface area (Å²) in [5.74, 6) is -0.296. The van der Waals surface area contributed by atoms with Crippen LogP contribution in [-0.4, -0.2) is 25.4 Å². The highest BCUT2D eigenvalue weighted by Crippen LogP contribution is 2.10. The lowest BCUT2D eigenvalue weighted by Gasteiger charge is -2.01. The van der Waals surface area contributed by atoms with E-state index < -0.39 is 17.0 Å². The van der Waals surface area contributed by atoms with E-state index in [9.17, 15) is 13.2 Å². The first kappa shape index (κ1) is 24.3. The lowest BCUT2D eigenvalue weighted by molar-refractivity contribution is -0.121. The van der Waals surface area contributed by atoms with Crippen molar-refractivity contribution in [2.75, 3.05) is 6.61 Å². The van der Waals surface area contributed by atoms with Gasteiger partial charge in [0.1, 0.15) is 6.61 Å². The highest BCUT2D eigenvalue weighted by atomic mass is 32.3. The average Bonchev–Trinajstić information content (AvgIpc) is 2.56. The first-order valence-corrected chi connectivity index (χ1v) is 11.1. The molecule has 0 atom stereocenters. The number of hydrogen-bond acceptors (Lipinski definition) is 4. The molecule has 1 N–H and O–H groups in total. The van der Waals surface area contributed by atoms with Crippen molar-refractivity contribution in [2.24, 2.45) is 0 Å². The van der Waals surface area contributed by atoms with Gasteiger partial charge in [-0.1, -0.05) is 70.4 Å². The number of carbonyl (C=O) groups is 1. The molecule has 0 aliphatic heterocycles. The first-order valence-electron chi connectivity index (χ1n) is 9.74. The van der Waals surface area contributed by atoms with Crippen LogP contribution >= 0.6 is 0 Å². The summed E-state index contributed by atoms with van der Waals surface area (Å²) in [6.45, 7) is 1.67. The normalized spacial score (nSPS) is 12.1. The molecule has 148 valence electrons. The Morgan fingerprint density at radius 2 is 1.32 bits per heavy atom. The largest absolute Gasteiger partial charge is 0.397 e. The van der Waals surface area contributed by atoms with E-state index in [4.69, 9.17) is 4.55 Å². The van der Waals surface area contributed by atoms with Crippen molar-refractivity contribution in [3.63, 3.8) is 0 Å². The minimum absolute atomic E-state index is 0.296. The Balaban J connectivity index is 3.28. The average molecular weight is 377 g/mol. The fourth-order valence-electron chi connectivity index (χ4n) is 2.61. The predicted molar refractivity (Wildman–Crippen MR) is 102 cm³/mol. The summed E-state index contributed by atoms with van der Waals surface area (Å²) in [6, 6.07) is 0. The van der Waals surface area contributed by atoms with Crippen molar-refractivity contribution in [1.29, 1.82) is 0 Å². The molecule has 0 aromatic carbocycles. The molecule has 6 heteroatoms. The Bertz CT molecular complexity index is 443. The number of Topliss-reactive ketones (excluding diaryl/α,β-unsaturated/α-hetero) is 1. The molecule has 0 aromatic heterocycles. The van der Waals surface area contributed by atoms with Crippen LogP contribution in [0.5, 0.6) is 0 Å². The maximum absolute atomic E-state index is 11.3. The molecule has 0 radical (unpaired) electrons. The Kier molecular flexibility index (Phi) is 16.3. The molecule has 0 amide bonds. The van der Waals surface area contributed by atoms with Gasteiger partial charge in [0.25, 0.3) is 0 Å². The second-order valence-corrected chi connectivity index (χ2v) is 7.65. The van der Waals surface area contributed by atoms with E-state index in [1.807, 2.05) is 0 Å². The second-order valence-electron chi connectivity index (χ2n) is 6.56. The van der Waals surface area contributed by atoms with Crippen molar-refractivity contribution < 1.29 is 21.9 Å². The number of rotatable bonds is 18. The highest BCUT2D eigenvalue weighted by Gasteiger charge is 2.09. The quantitative estimate of drug-likeness (QED) is 0.196. The smallest absolute Gasteiger partial charge is 0.297 e. The topological polar surface area (TPSA) is 80.7 Å². The maximum atomic E-state index is 11.3. The van der Waals surface area contributed by atoms with Crippen LogP contribution in [0.4, 0.5) is 0 Å². The maximum Gasteiger partial charge on any atom is 0.397 e. The zero-order chi connectivity index (χ0) is 18.8. The first-order chi connectivity index (χ1) is 12.0. The fraction of sp³-hybridized carbons (Fsp3) is 0.842. The van der Waals surface area contributed by atoms with E-state index in [1.165, 1.54) is 51.4 Å². The van der Waals surface area contributed by atoms with E-state index in [0.29, 0.717) is 6.42 Å². The van der Waals surface area contributed by atoms with Crippen molar-refractivity contribution in [3.05, 3.63) is 12.2 Å². The van der Waals surface area contributed by atoms with Crippen LogP contribution in [0.2, 0.25) is 0 Å². The number of allylic oxidation sites excluding steroid dienone is 2. The third-order valence-corrected chi connectivity index (χ3v) is 4.50. The van der Waals surface area contributed by atoms with E-state index in [1.54, 1.807) is 0 Å². The lowest BCUT2D eigenvalue weighted by Crippen LogP contribution is -2.13. The standard InChI is InChI=1S/C19H36O5S/c1-2-3-4-5-6-7-8-9-10-11-12-13-14-15-16-17-19(20)18-24-25(21,22)23/h9-10H,2-8,11-18H2,1H3,(H,21,22,23)/b10-9-. The van der Waals surface area contributed by atoms with Gasteiger partial charge in [-0.25, -0.2) is 4.18 Å². The molecule has 0 aromatic rings.